The van der Waals surface area contributed by atoms with Crippen LogP contribution in [0.15, 0.2) is 48.5 Å². The summed E-state index contributed by atoms with van der Waals surface area (Å²) in [4.78, 5) is 0. The van der Waals surface area contributed by atoms with Crippen LogP contribution in [0.2, 0.25) is 5.02 Å². The van der Waals surface area contributed by atoms with Crippen molar-refractivity contribution in [3.05, 3.63) is 68.3 Å². The van der Waals surface area contributed by atoms with E-state index in [-0.39, 0.29) is 6.54 Å². The van der Waals surface area contributed by atoms with Gasteiger partial charge >= 0.3 is 0 Å². The summed E-state index contributed by atoms with van der Waals surface area (Å²) in [5.41, 5.74) is 6.12. The molecule has 4 heteroatoms. The molecular weight excluding hydrogens is 361 g/mol. The molecule has 0 saturated heterocycles. The van der Waals surface area contributed by atoms with Crippen molar-refractivity contribution in [2.24, 2.45) is 5.73 Å². The van der Waals surface area contributed by atoms with Gasteiger partial charge in [0.2, 0.25) is 0 Å². The maximum atomic E-state index is 10.8. The zero-order chi connectivity index (χ0) is 13.2. The van der Waals surface area contributed by atoms with Crippen LogP contribution in [0.5, 0.6) is 0 Å². The van der Waals surface area contributed by atoms with Crippen molar-refractivity contribution in [3.63, 3.8) is 0 Å². The maximum absolute atomic E-state index is 10.8. The average molecular weight is 374 g/mol. The van der Waals surface area contributed by atoms with Crippen LogP contribution >= 0.6 is 34.2 Å². The first kappa shape index (κ1) is 13.8. The highest BCUT2D eigenvalue weighted by molar-refractivity contribution is 14.1. The highest BCUT2D eigenvalue weighted by atomic mass is 127. The molecule has 2 aromatic carbocycles. The van der Waals surface area contributed by atoms with Gasteiger partial charge in [-0.1, -0.05) is 35.9 Å². The van der Waals surface area contributed by atoms with Crippen LogP contribution in [0.1, 0.15) is 11.1 Å². The van der Waals surface area contributed by atoms with E-state index >= 15 is 0 Å². The number of nitrogens with two attached hydrogens (primary N) is 1. The topological polar surface area (TPSA) is 46.2 Å². The van der Waals surface area contributed by atoms with Crippen molar-refractivity contribution < 1.29 is 5.11 Å². The monoisotopic (exact) mass is 373 g/mol. The lowest BCUT2D eigenvalue weighted by Gasteiger charge is -2.27. The summed E-state index contributed by atoms with van der Waals surface area (Å²) in [6.07, 6.45) is 0. The lowest BCUT2D eigenvalue weighted by atomic mass is 9.86. The van der Waals surface area contributed by atoms with Gasteiger partial charge in [0, 0.05) is 15.1 Å². The van der Waals surface area contributed by atoms with Gasteiger partial charge in [-0.3, -0.25) is 0 Å². The van der Waals surface area contributed by atoms with E-state index in [0.29, 0.717) is 5.02 Å². The highest BCUT2D eigenvalue weighted by Gasteiger charge is 2.29. The lowest BCUT2D eigenvalue weighted by Crippen LogP contribution is -2.36. The summed E-state index contributed by atoms with van der Waals surface area (Å²) in [7, 11) is 0. The van der Waals surface area contributed by atoms with Crippen LogP contribution in [0.25, 0.3) is 0 Å². The molecule has 94 valence electrons. The van der Waals surface area contributed by atoms with Gasteiger partial charge in [-0.2, -0.15) is 0 Å². The van der Waals surface area contributed by atoms with Crippen LogP contribution in [0, 0.1) is 3.57 Å². The second kappa shape index (κ2) is 5.57. The van der Waals surface area contributed by atoms with Crippen LogP contribution in [0.4, 0.5) is 0 Å². The molecule has 0 aliphatic carbocycles. The first-order valence-corrected chi connectivity index (χ1v) is 6.96. The second-order valence-electron chi connectivity index (χ2n) is 4.08. The Morgan fingerprint density at radius 2 is 1.44 bits per heavy atom. The highest BCUT2D eigenvalue weighted by Crippen LogP contribution is 2.29. The fraction of sp³-hybridized carbons (Fsp3) is 0.143. The molecule has 2 aromatic rings. The van der Waals surface area contributed by atoms with Crippen LogP contribution in [-0.2, 0) is 5.60 Å². The third-order valence-electron chi connectivity index (χ3n) is 2.94. The Kier molecular flexibility index (Phi) is 4.27. The third-order valence-corrected chi connectivity index (χ3v) is 3.91. The third kappa shape index (κ3) is 2.69. The Balaban J connectivity index is 2.47. The molecule has 0 aliphatic heterocycles. The van der Waals surface area contributed by atoms with Crippen molar-refractivity contribution in [2.75, 3.05) is 6.54 Å². The van der Waals surface area contributed by atoms with Crippen LogP contribution in [0.3, 0.4) is 0 Å². The number of rotatable bonds is 3. The average Bonchev–Trinajstić information content (AvgIpc) is 2.39. The molecular formula is C14H13ClINO. The zero-order valence-electron chi connectivity index (χ0n) is 9.61. The van der Waals surface area contributed by atoms with Crippen LogP contribution in [-0.4, -0.2) is 11.7 Å². The molecule has 1 atom stereocenters. The molecule has 0 saturated carbocycles. The summed E-state index contributed by atoms with van der Waals surface area (Å²) in [5, 5.41) is 11.4. The van der Waals surface area contributed by atoms with E-state index in [1.54, 1.807) is 24.3 Å². The molecule has 0 radical (unpaired) electrons. The quantitative estimate of drug-likeness (QED) is 0.812. The van der Waals surface area contributed by atoms with E-state index in [1.807, 2.05) is 24.3 Å². The van der Waals surface area contributed by atoms with Crippen molar-refractivity contribution in [2.45, 2.75) is 5.60 Å². The Bertz CT molecular complexity index is 479. The van der Waals surface area contributed by atoms with Crippen molar-refractivity contribution in [1.29, 1.82) is 0 Å². The molecule has 0 aromatic heterocycles. The standard InChI is InChI=1S/C14H13ClINO/c15-12-5-1-10(2-6-12)14(18,9-17)11-3-7-13(16)8-4-11/h1-8,18H,9,17H2/t14-/m1/s1. The summed E-state index contributed by atoms with van der Waals surface area (Å²) >= 11 is 8.08. The van der Waals surface area contributed by atoms with Gasteiger partial charge in [-0.15, -0.1) is 0 Å². The summed E-state index contributed by atoms with van der Waals surface area (Å²) in [6.45, 7) is 0.120. The largest absolute Gasteiger partial charge is 0.379 e. The maximum Gasteiger partial charge on any atom is 0.127 e. The van der Waals surface area contributed by atoms with E-state index < -0.39 is 5.60 Å². The van der Waals surface area contributed by atoms with E-state index in [1.165, 1.54) is 0 Å². The summed E-state index contributed by atoms with van der Waals surface area (Å²) in [6, 6.07) is 14.8. The van der Waals surface area contributed by atoms with E-state index in [4.69, 9.17) is 17.3 Å². The molecule has 2 nitrogen and oxygen atoms in total. The summed E-state index contributed by atoms with van der Waals surface area (Å²) < 4.78 is 1.12. The first-order valence-electron chi connectivity index (χ1n) is 5.51. The number of hydrogen-bond acceptors (Lipinski definition) is 2. The molecule has 0 amide bonds. The first-order chi connectivity index (χ1) is 8.56. The van der Waals surface area contributed by atoms with Gasteiger partial charge in [0.1, 0.15) is 5.60 Å². The lowest BCUT2D eigenvalue weighted by molar-refractivity contribution is 0.0902. The van der Waals surface area contributed by atoms with Crippen molar-refractivity contribution in [1.82, 2.24) is 0 Å². The number of halogens is 2. The molecule has 0 heterocycles. The van der Waals surface area contributed by atoms with Gasteiger partial charge < -0.3 is 10.8 Å². The Hall–Kier alpha value is -0.620. The molecule has 0 fully saturated rings. The van der Waals surface area contributed by atoms with Gasteiger partial charge in [0.05, 0.1) is 0 Å². The predicted molar refractivity (Wildman–Crippen MR) is 82.7 cm³/mol. The predicted octanol–water partition coefficient (Wildman–Crippen LogP) is 3.14. The summed E-state index contributed by atoms with van der Waals surface area (Å²) in [5.74, 6) is 0. The fourth-order valence-electron chi connectivity index (χ4n) is 1.85. The molecule has 0 bridgehead atoms. The number of hydrogen-bond donors (Lipinski definition) is 2. The second-order valence-corrected chi connectivity index (χ2v) is 5.76. The van der Waals surface area contributed by atoms with Gasteiger partial charge in [-0.25, -0.2) is 0 Å². The van der Waals surface area contributed by atoms with E-state index in [0.717, 1.165) is 14.7 Å². The molecule has 2 rings (SSSR count). The van der Waals surface area contributed by atoms with Crippen LogP contribution < -0.4 is 5.73 Å². The van der Waals surface area contributed by atoms with E-state index in [9.17, 15) is 5.11 Å². The van der Waals surface area contributed by atoms with Gasteiger partial charge in [0.15, 0.2) is 0 Å². The zero-order valence-corrected chi connectivity index (χ0v) is 12.5. The molecule has 0 aliphatic rings. The van der Waals surface area contributed by atoms with Crippen molar-refractivity contribution >= 4 is 34.2 Å². The molecule has 3 N–H and O–H groups in total. The molecule has 0 unspecified atom stereocenters. The molecule has 0 spiro atoms. The smallest absolute Gasteiger partial charge is 0.127 e. The van der Waals surface area contributed by atoms with Crippen molar-refractivity contribution in [3.8, 4) is 0 Å². The Morgan fingerprint density at radius 3 is 1.89 bits per heavy atom. The molecule has 18 heavy (non-hydrogen) atoms. The normalized spacial score (nSPS) is 14.2. The van der Waals surface area contributed by atoms with E-state index in [2.05, 4.69) is 22.6 Å². The minimum Gasteiger partial charge on any atom is -0.379 e. The van der Waals surface area contributed by atoms with Gasteiger partial charge in [0.25, 0.3) is 0 Å². The SMILES string of the molecule is NC[C@@](O)(c1ccc(Cl)cc1)c1ccc(I)cc1. The Morgan fingerprint density at radius 1 is 1.00 bits per heavy atom. The number of benzene rings is 2. The minimum absolute atomic E-state index is 0.120. The minimum atomic E-state index is -1.17. The fourth-order valence-corrected chi connectivity index (χ4v) is 2.34. The Labute approximate surface area is 125 Å². The number of aliphatic hydroxyl groups is 1. The van der Waals surface area contributed by atoms with Gasteiger partial charge in [-0.05, 0) is 58.0 Å².